The minimum absolute atomic E-state index is 0.0628. The van der Waals surface area contributed by atoms with Crippen molar-refractivity contribution in [3.63, 3.8) is 0 Å². The fourth-order valence-corrected chi connectivity index (χ4v) is 2.78. The Morgan fingerprint density at radius 2 is 1.96 bits per heavy atom. The third-order valence-electron chi connectivity index (χ3n) is 4.88. The second-order valence-corrected chi connectivity index (χ2v) is 6.95. The minimum Gasteiger partial charge on any atom is -0.508 e. The van der Waals surface area contributed by atoms with Crippen molar-refractivity contribution in [2.75, 3.05) is 37.6 Å². The Balaban J connectivity index is 1.83. The van der Waals surface area contributed by atoms with Crippen molar-refractivity contribution in [3.05, 3.63) is 24.3 Å². The first-order chi connectivity index (χ1) is 11.3. The second kappa shape index (κ2) is 7.54. The Kier molecular flexibility index (Phi) is 5.68. The van der Waals surface area contributed by atoms with Crippen LogP contribution in [0, 0.1) is 17.2 Å². The van der Waals surface area contributed by atoms with Gasteiger partial charge in [0.2, 0.25) is 0 Å². The zero-order valence-electron chi connectivity index (χ0n) is 14.7. The summed E-state index contributed by atoms with van der Waals surface area (Å²) in [5, 5.41) is 21.5. The molecule has 0 saturated carbocycles. The summed E-state index contributed by atoms with van der Waals surface area (Å²) in [6.45, 7) is 9.53. The van der Waals surface area contributed by atoms with Crippen LogP contribution in [0.3, 0.4) is 0 Å². The summed E-state index contributed by atoms with van der Waals surface area (Å²) in [5.74, 6) is 0.263. The largest absolute Gasteiger partial charge is 0.508 e. The number of hydrogen-bond donors (Lipinski definition) is 3. The Labute approximate surface area is 143 Å². The van der Waals surface area contributed by atoms with Crippen LogP contribution in [0.5, 0.6) is 5.75 Å². The molecule has 1 aliphatic rings. The molecule has 1 saturated heterocycles. The molecule has 0 bridgehead atoms. The first-order valence-corrected chi connectivity index (χ1v) is 8.44. The normalized spacial score (nSPS) is 18.0. The Hall–Kier alpha value is -2.26. The van der Waals surface area contributed by atoms with Crippen LogP contribution in [0.1, 0.15) is 20.8 Å². The highest BCUT2D eigenvalue weighted by Gasteiger charge is 2.31. The van der Waals surface area contributed by atoms with Crippen LogP contribution in [0.15, 0.2) is 24.3 Å². The number of aromatic hydroxyl groups is 1. The molecule has 0 spiro atoms. The lowest BCUT2D eigenvalue weighted by Gasteiger charge is -2.34. The molecular weight excluding hydrogens is 304 g/mol. The van der Waals surface area contributed by atoms with E-state index in [0.717, 1.165) is 31.9 Å². The summed E-state index contributed by atoms with van der Waals surface area (Å²) in [6.07, 6.45) is 0. The lowest BCUT2D eigenvalue weighted by Crippen LogP contribution is -3.16. The van der Waals surface area contributed by atoms with Gasteiger partial charge in [0.15, 0.2) is 6.54 Å². The molecule has 24 heavy (non-hydrogen) atoms. The van der Waals surface area contributed by atoms with Crippen LogP contribution in [-0.4, -0.2) is 49.3 Å². The van der Waals surface area contributed by atoms with Crippen LogP contribution in [0.2, 0.25) is 0 Å². The number of hydrogen-bond acceptors (Lipinski definition) is 4. The van der Waals surface area contributed by atoms with Crippen molar-refractivity contribution >= 4 is 11.6 Å². The number of nitrogens with zero attached hydrogens (tertiary/aromatic N) is 2. The van der Waals surface area contributed by atoms with Crippen LogP contribution in [0.25, 0.3) is 0 Å². The third-order valence-corrected chi connectivity index (χ3v) is 4.88. The van der Waals surface area contributed by atoms with Gasteiger partial charge >= 0.3 is 0 Å². The molecule has 1 atom stereocenters. The second-order valence-electron chi connectivity index (χ2n) is 6.95. The van der Waals surface area contributed by atoms with E-state index < -0.39 is 5.54 Å². The van der Waals surface area contributed by atoms with Gasteiger partial charge in [0.25, 0.3) is 5.91 Å². The van der Waals surface area contributed by atoms with Gasteiger partial charge < -0.3 is 20.2 Å². The maximum atomic E-state index is 12.3. The highest BCUT2D eigenvalue weighted by atomic mass is 16.3. The van der Waals surface area contributed by atoms with Gasteiger partial charge in [-0.15, -0.1) is 0 Å². The average molecular weight is 331 g/mol. The number of carbonyl (C=O) groups excluding carboxylic acids is 1. The number of benzene rings is 1. The Morgan fingerprint density at radius 1 is 1.38 bits per heavy atom. The standard InChI is InChI=1S/C18H26N4O2/c1-14(2)18(3,13-19)20-17(24)12-21-8-10-22(11-9-21)15-4-6-16(23)7-5-15/h4-7,14,23H,8-12H2,1-3H3,(H,20,24)/p+1/t18-/m0/s1. The van der Waals surface area contributed by atoms with Crippen molar-refractivity contribution in [3.8, 4) is 11.8 Å². The Bertz CT molecular complexity index is 600. The lowest BCUT2D eigenvalue weighted by molar-refractivity contribution is -0.892. The summed E-state index contributed by atoms with van der Waals surface area (Å²) in [5.41, 5.74) is 0.276. The van der Waals surface area contributed by atoms with E-state index in [1.165, 1.54) is 4.90 Å². The minimum atomic E-state index is -0.815. The highest BCUT2D eigenvalue weighted by molar-refractivity contribution is 5.78. The van der Waals surface area contributed by atoms with Crippen molar-refractivity contribution < 1.29 is 14.8 Å². The fourth-order valence-electron chi connectivity index (χ4n) is 2.78. The van der Waals surface area contributed by atoms with Gasteiger partial charge in [0.05, 0.1) is 32.2 Å². The molecular formula is C18H27N4O2+. The van der Waals surface area contributed by atoms with Crippen molar-refractivity contribution in [1.82, 2.24) is 5.32 Å². The number of amides is 1. The number of piperazine rings is 1. The lowest BCUT2D eigenvalue weighted by atomic mass is 9.90. The van der Waals surface area contributed by atoms with Crippen molar-refractivity contribution in [1.29, 1.82) is 5.26 Å². The molecule has 1 aromatic rings. The van der Waals surface area contributed by atoms with Crippen molar-refractivity contribution in [2.45, 2.75) is 26.3 Å². The van der Waals surface area contributed by atoms with Gasteiger partial charge in [0.1, 0.15) is 11.3 Å². The zero-order valence-corrected chi connectivity index (χ0v) is 14.7. The van der Waals surface area contributed by atoms with Gasteiger partial charge in [-0.1, -0.05) is 13.8 Å². The molecule has 130 valence electrons. The number of carbonyl (C=O) groups is 1. The molecule has 0 radical (unpaired) electrons. The molecule has 1 heterocycles. The summed E-state index contributed by atoms with van der Waals surface area (Å²) in [7, 11) is 0. The number of rotatable bonds is 5. The molecule has 1 aliphatic heterocycles. The van der Waals surface area contributed by atoms with Gasteiger partial charge in [-0.05, 0) is 37.1 Å². The van der Waals surface area contributed by atoms with E-state index in [2.05, 4.69) is 16.3 Å². The molecule has 1 amide bonds. The number of phenols is 1. The predicted molar refractivity (Wildman–Crippen MR) is 92.9 cm³/mol. The smallest absolute Gasteiger partial charge is 0.276 e. The van der Waals surface area contributed by atoms with Gasteiger partial charge in [-0.2, -0.15) is 5.26 Å². The fraction of sp³-hybridized carbons (Fsp3) is 0.556. The number of anilines is 1. The maximum absolute atomic E-state index is 12.3. The average Bonchev–Trinajstić information content (AvgIpc) is 2.56. The number of phenolic OH excluding ortho intramolecular Hbond substituents is 1. The topological polar surface area (TPSA) is 80.8 Å². The van der Waals surface area contributed by atoms with E-state index >= 15 is 0 Å². The monoisotopic (exact) mass is 331 g/mol. The molecule has 0 aliphatic carbocycles. The SMILES string of the molecule is CC(C)[C@](C)(C#N)NC(=O)C[NH+]1CCN(c2ccc(O)cc2)CC1. The van der Waals surface area contributed by atoms with Gasteiger partial charge in [-0.25, -0.2) is 0 Å². The van der Waals surface area contributed by atoms with E-state index in [4.69, 9.17) is 0 Å². The molecule has 3 N–H and O–H groups in total. The van der Waals surface area contributed by atoms with Crippen LogP contribution in [0.4, 0.5) is 5.69 Å². The maximum Gasteiger partial charge on any atom is 0.276 e. The number of nitriles is 1. The Morgan fingerprint density at radius 3 is 2.46 bits per heavy atom. The molecule has 0 aromatic heterocycles. The number of nitrogens with one attached hydrogen (secondary N) is 2. The van der Waals surface area contributed by atoms with E-state index in [9.17, 15) is 15.2 Å². The first kappa shape index (κ1) is 18.1. The highest BCUT2D eigenvalue weighted by Crippen LogP contribution is 2.18. The zero-order chi connectivity index (χ0) is 17.7. The summed E-state index contributed by atoms with van der Waals surface area (Å²) in [4.78, 5) is 15.7. The van der Waals surface area contributed by atoms with Crippen LogP contribution in [-0.2, 0) is 4.79 Å². The first-order valence-electron chi connectivity index (χ1n) is 8.44. The summed E-state index contributed by atoms with van der Waals surface area (Å²) >= 11 is 0. The molecule has 1 fully saturated rings. The van der Waals surface area contributed by atoms with Gasteiger partial charge in [-0.3, -0.25) is 4.79 Å². The van der Waals surface area contributed by atoms with E-state index in [1.54, 1.807) is 19.1 Å². The number of quaternary nitrogens is 1. The van der Waals surface area contributed by atoms with Crippen LogP contribution >= 0.6 is 0 Å². The summed E-state index contributed by atoms with van der Waals surface area (Å²) in [6, 6.07) is 9.41. The van der Waals surface area contributed by atoms with E-state index in [1.807, 2.05) is 26.0 Å². The molecule has 0 unspecified atom stereocenters. The quantitative estimate of drug-likeness (QED) is 0.718. The molecule has 1 aromatic carbocycles. The van der Waals surface area contributed by atoms with E-state index in [-0.39, 0.29) is 17.6 Å². The van der Waals surface area contributed by atoms with Crippen molar-refractivity contribution in [2.24, 2.45) is 5.92 Å². The molecule has 2 rings (SSSR count). The molecule has 6 heteroatoms. The predicted octanol–water partition coefficient (Wildman–Crippen LogP) is 0.152. The van der Waals surface area contributed by atoms with Gasteiger partial charge in [0, 0.05) is 5.69 Å². The summed E-state index contributed by atoms with van der Waals surface area (Å²) < 4.78 is 0. The third kappa shape index (κ3) is 4.39. The molecule has 6 nitrogen and oxygen atoms in total. The van der Waals surface area contributed by atoms with Crippen LogP contribution < -0.4 is 15.1 Å². The van der Waals surface area contributed by atoms with E-state index in [0.29, 0.717) is 6.54 Å².